The van der Waals surface area contributed by atoms with Crippen LogP contribution in [0.15, 0.2) is 24.3 Å². The molecule has 26 heavy (non-hydrogen) atoms. The summed E-state index contributed by atoms with van der Waals surface area (Å²) in [7, 11) is 0. The highest BCUT2D eigenvalue weighted by molar-refractivity contribution is 5.94. The van der Waals surface area contributed by atoms with Crippen molar-refractivity contribution >= 4 is 11.9 Å². The maximum Gasteiger partial charge on any atom is 0.317 e. The molecule has 1 aromatic rings. The number of nitrogens with zero attached hydrogens (tertiary/aromatic N) is 2. The van der Waals surface area contributed by atoms with Gasteiger partial charge in [0.05, 0.1) is 0 Å². The molecule has 1 fully saturated rings. The lowest BCUT2D eigenvalue weighted by atomic mass is 9.86. The van der Waals surface area contributed by atoms with Crippen molar-refractivity contribution in [2.75, 3.05) is 26.2 Å². The van der Waals surface area contributed by atoms with Crippen molar-refractivity contribution in [2.24, 2.45) is 0 Å². The van der Waals surface area contributed by atoms with Crippen LogP contribution in [0.5, 0.6) is 0 Å². The summed E-state index contributed by atoms with van der Waals surface area (Å²) in [5, 5.41) is 3.09. The number of carbonyl (C=O) groups excluding carboxylic acids is 2. The second kappa shape index (κ2) is 8.56. The van der Waals surface area contributed by atoms with E-state index in [1.807, 2.05) is 43.0 Å². The lowest BCUT2D eigenvalue weighted by Gasteiger charge is -2.33. The predicted molar refractivity (Wildman–Crippen MR) is 106 cm³/mol. The molecule has 0 spiro atoms. The van der Waals surface area contributed by atoms with Crippen molar-refractivity contribution in [3.63, 3.8) is 0 Å². The summed E-state index contributed by atoms with van der Waals surface area (Å²) in [6.45, 7) is 13.3. The third kappa shape index (κ3) is 4.99. The predicted octanol–water partition coefficient (Wildman–Crippen LogP) is 3.64. The van der Waals surface area contributed by atoms with Crippen LogP contribution in [0.25, 0.3) is 0 Å². The van der Waals surface area contributed by atoms with Gasteiger partial charge in [0.25, 0.3) is 5.91 Å². The van der Waals surface area contributed by atoms with E-state index in [2.05, 4.69) is 26.1 Å². The second-order valence-corrected chi connectivity index (χ2v) is 8.02. The zero-order valence-electron chi connectivity index (χ0n) is 16.8. The summed E-state index contributed by atoms with van der Waals surface area (Å²) in [5.41, 5.74) is 2.05. The van der Waals surface area contributed by atoms with Gasteiger partial charge in [-0.25, -0.2) is 4.79 Å². The van der Waals surface area contributed by atoms with Gasteiger partial charge in [-0.1, -0.05) is 32.9 Å². The molecule has 1 aromatic carbocycles. The molecule has 0 aromatic heterocycles. The Kier molecular flexibility index (Phi) is 6.68. The molecule has 0 radical (unpaired) electrons. The zero-order chi connectivity index (χ0) is 19.3. The number of benzene rings is 1. The molecule has 0 aliphatic carbocycles. The van der Waals surface area contributed by atoms with Gasteiger partial charge in [-0.15, -0.1) is 0 Å². The van der Waals surface area contributed by atoms with Crippen LogP contribution in [0.1, 0.15) is 63.4 Å². The van der Waals surface area contributed by atoms with Crippen molar-refractivity contribution in [3.05, 3.63) is 35.4 Å². The van der Waals surface area contributed by atoms with Gasteiger partial charge in [0.15, 0.2) is 0 Å². The fourth-order valence-electron chi connectivity index (χ4n) is 3.30. The maximum atomic E-state index is 12.7. The molecule has 0 bridgehead atoms. The highest BCUT2D eigenvalue weighted by atomic mass is 16.2. The molecule has 144 valence electrons. The summed E-state index contributed by atoms with van der Waals surface area (Å²) >= 11 is 0. The van der Waals surface area contributed by atoms with Gasteiger partial charge >= 0.3 is 6.03 Å². The molecule has 5 nitrogen and oxygen atoms in total. The molecule has 5 heteroatoms. The average Bonchev–Trinajstić information content (AvgIpc) is 2.62. The molecule has 0 atom stereocenters. The summed E-state index contributed by atoms with van der Waals surface area (Å²) < 4.78 is 0. The van der Waals surface area contributed by atoms with Gasteiger partial charge < -0.3 is 15.1 Å². The van der Waals surface area contributed by atoms with Gasteiger partial charge in [0.2, 0.25) is 0 Å². The second-order valence-electron chi connectivity index (χ2n) is 8.02. The monoisotopic (exact) mass is 359 g/mol. The van der Waals surface area contributed by atoms with Gasteiger partial charge in [0.1, 0.15) is 0 Å². The van der Waals surface area contributed by atoms with Gasteiger partial charge in [-0.3, -0.25) is 4.79 Å². The third-order valence-corrected chi connectivity index (χ3v) is 5.16. The first kappa shape index (κ1) is 20.3. The Bertz CT molecular complexity index is 607. The highest BCUT2D eigenvalue weighted by Crippen LogP contribution is 2.23. The summed E-state index contributed by atoms with van der Waals surface area (Å²) in [6.07, 6.45) is 1.61. The SMILES string of the molecule is CCN(CC)C(=O)NC1CCN(C(=O)c2ccc(C(C)(C)C)cc2)CC1. The van der Waals surface area contributed by atoms with E-state index in [-0.39, 0.29) is 23.4 Å². The Hall–Kier alpha value is -2.04. The number of hydrogen-bond donors (Lipinski definition) is 1. The lowest BCUT2D eigenvalue weighted by Crippen LogP contribution is -2.50. The largest absolute Gasteiger partial charge is 0.338 e. The van der Waals surface area contributed by atoms with E-state index < -0.39 is 0 Å². The van der Waals surface area contributed by atoms with Crippen molar-refractivity contribution < 1.29 is 9.59 Å². The van der Waals surface area contributed by atoms with Gasteiger partial charge in [-0.2, -0.15) is 0 Å². The minimum atomic E-state index is -0.00227. The van der Waals surface area contributed by atoms with Crippen molar-refractivity contribution in [1.29, 1.82) is 0 Å². The van der Waals surface area contributed by atoms with Crippen LogP contribution < -0.4 is 5.32 Å². The lowest BCUT2D eigenvalue weighted by molar-refractivity contribution is 0.0706. The molecule has 0 unspecified atom stereocenters. The Morgan fingerprint density at radius 1 is 1.08 bits per heavy atom. The van der Waals surface area contributed by atoms with E-state index in [1.54, 1.807) is 4.90 Å². The van der Waals surface area contributed by atoms with Crippen LogP contribution in [0.2, 0.25) is 0 Å². The molecule has 1 heterocycles. The molecule has 2 rings (SSSR count). The fourth-order valence-corrected chi connectivity index (χ4v) is 3.30. The molecular formula is C21H33N3O2. The van der Waals surface area contributed by atoms with E-state index >= 15 is 0 Å². The van der Waals surface area contributed by atoms with E-state index in [0.717, 1.165) is 18.4 Å². The van der Waals surface area contributed by atoms with E-state index in [9.17, 15) is 9.59 Å². The Labute approximate surface area is 157 Å². The number of carbonyl (C=O) groups is 2. The van der Waals surface area contributed by atoms with Crippen molar-refractivity contribution in [1.82, 2.24) is 15.1 Å². The number of urea groups is 1. The Morgan fingerprint density at radius 2 is 1.62 bits per heavy atom. The van der Waals surface area contributed by atoms with Crippen LogP contribution in [0.4, 0.5) is 4.79 Å². The number of rotatable bonds is 4. The summed E-state index contributed by atoms with van der Waals surface area (Å²) in [5.74, 6) is 0.0824. The number of likely N-dealkylation sites (tertiary alicyclic amines) is 1. The minimum absolute atomic E-state index is 0.00227. The quantitative estimate of drug-likeness (QED) is 0.892. The maximum absolute atomic E-state index is 12.7. The van der Waals surface area contributed by atoms with Crippen LogP contribution in [-0.4, -0.2) is 54.0 Å². The number of hydrogen-bond acceptors (Lipinski definition) is 2. The average molecular weight is 360 g/mol. The van der Waals surface area contributed by atoms with E-state index in [0.29, 0.717) is 26.2 Å². The molecule has 0 saturated carbocycles. The smallest absolute Gasteiger partial charge is 0.317 e. The van der Waals surface area contributed by atoms with Crippen LogP contribution in [0.3, 0.4) is 0 Å². The van der Waals surface area contributed by atoms with Crippen LogP contribution in [-0.2, 0) is 5.41 Å². The standard InChI is InChI=1S/C21H33N3O2/c1-6-23(7-2)20(26)22-18-12-14-24(15-13-18)19(25)16-8-10-17(11-9-16)21(3,4)5/h8-11,18H,6-7,12-15H2,1-5H3,(H,22,26). The molecule has 3 amide bonds. The van der Waals surface area contributed by atoms with Gasteiger partial charge in [0, 0.05) is 37.8 Å². The molecule has 1 aliphatic heterocycles. The summed E-state index contributed by atoms with van der Waals surface area (Å²) in [4.78, 5) is 28.6. The van der Waals surface area contributed by atoms with E-state index in [1.165, 1.54) is 5.56 Å². The van der Waals surface area contributed by atoms with Crippen molar-refractivity contribution in [3.8, 4) is 0 Å². The minimum Gasteiger partial charge on any atom is -0.338 e. The topological polar surface area (TPSA) is 52.7 Å². The van der Waals surface area contributed by atoms with E-state index in [4.69, 9.17) is 0 Å². The molecule has 1 N–H and O–H groups in total. The fraction of sp³-hybridized carbons (Fsp3) is 0.619. The molecule has 1 saturated heterocycles. The third-order valence-electron chi connectivity index (χ3n) is 5.16. The molecular weight excluding hydrogens is 326 g/mol. The van der Waals surface area contributed by atoms with Crippen LogP contribution in [0, 0.1) is 0 Å². The van der Waals surface area contributed by atoms with Gasteiger partial charge in [-0.05, 0) is 49.8 Å². The number of nitrogens with one attached hydrogen (secondary N) is 1. The first-order valence-corrected chi connectivity index (χ1v) is 9.71. The first-order valence-electron chi connectivity index (χ1n) is 9.71. The normalized spacial score (nSPS) is 15.7. The number of piperidine rings is 1. The summed E-state index contributed by atoms with van der Waals surface area (Å²) in [6, 6.07) is 8.09. The molecule has 1 aliphatic rings. The van der Waals surface area contributed by atoms with Crippen LogP contribution >= 0.6 is 0 Å². The first-order chi connectivity index (χ1) is 12.3. The van der Waals surface area contributed by atoms with Crippen molar-refractivity contribution in [2.45, 2.75) is 58.9 Å². The Balaban J connectivity index is 1.89. The number of amides is 3. The Morgan fingerprint density at radius 3 is 2.08 bits per heavy atom. The highest BCUT2D eigenvalue weighted by Gasteiger charge is 2.25. The zero-order valence-corrected chi connectivity index (χ0v) is 16.8.